The Kier molecular flexibility index (Phi) is 8.43. The summed E-state index contributed by atoms with van der Waals surface area (Å²) in [7, 11) is -7.16. The summed E-state index contributed by atoms with van der Waals surface area (Å²) in [6.07, 6.45) is 6.95. The molecule has 10 heteroatoms. The molecular formula is C22H32N4O4S2. The van der Waals surface area contributed by atoms with Crippen molar-refractivity contribution in [1.82, 2.24) is 10.6 Å². The van der Waals surface area contributed by atoms with E-state index < -0.39 is 20.0 Å². The van der Waals surface area contributed by atoms with E-state index in [1.165, 1.54) is 31.7 Å². The molecule has 0 bridgehead atoms. The summed E-state index contributed by atoms with van der Waals surface area (Å²) in [4.78, 5) is 0.365. The fourth-order valence-corrected chi connectivity index (χ4v) is 5.15. The van der Waals surface area contributed by atoms with Crippen LogP contribution in [0, 0.1) is 0 Å². The second kappa shape index (κ2) is 10.9. The number of piperidine rings is 2. The highest BCUT2D eigenvalue weighted by atomic mass is 32.2. The number of primary sulfonamides is 2. The van der Waals surface area contributed by atoms with Gasteiger partial charge in [0.25, 0.3) is 0 Å². The average molecular weight is 481 g/mol. The minimum atomic E-state index is -3.59. The zero-order valence-corrected chi connectivity index (χ0v) is 19.7. The Morgan fingerprint density at radius 3 is 1.66 bits per heavy atom. The molecule has 0 radical (unpaired) electrons. The minimum absolute atomic E-state index is 0.173. The lowest BCUT2D eigenvalue weighted by atomic mass is 9.98. The average Bonchev–Trinajstić information content (AvgIpc) is 2.80. The molecule has 0 spiro atoms. The van der Waals surface area contributed by atoms with Crippen LogP contribution < -0.4 is 20.9 Å². The summed E-state index contributed by atoms with van der Waals surface area (Å²) in [6, 6.07) is 14.3. The van der Waals surface area contributed by atoms with Gasteiger partial charge in [-0.25, -0.2) is 27.1 Å². The van der Waals surface area contributed by atoms with Gasteiger partial charge in [0.05, 0.1) is 9.79 Å². The Labute approximate surface area is 190 Å². The number of sulfonamides is 2. The predicted octanol–water partition coefficient (Wildman–Crippen LogP) is 2.30. The molecule has 2 heterocycles. The van der Waals surface area contributed by atoms with Crippen LogP contribution in [-0.4, -0.2) is 29.9 Å². The number of hydrogen-bond donors (Lipinski definition) is 4. The molecule has 32 heavy (non-hydrogen) atoms. The second-order valence-electron chi connectivity index (χ2n) is 8.24. The summed E-state index contributed by atoms with van der Waals surface area (Å²) in [5.74, 6) is 0. The maximum atomic E-state index is 11.2. The first-order valence-corrected chi connectivity index (χ1v) is 14.0. The zero-order chi connectivity index (χ0) is 23.2. The predicted molar refractivity (Wildman–Crippen MR) is 125 cm³/mol. The molecule has 2 aliphatic rings. The minimum Gasteiger partial charge on any atom is -0.310 e. The molecular weight excluding hydrogens is 448 g/mol. The highest BCUT2D eigenvalue weighted by Crippen LogP contribution is 2.25. The van der Waals surface area contributed by atoms with Crippen molar-refractivity contribution in [2.75, 3.05) is 13.1 Å². The Morgan fingerprint density at radius 2 is 1.19 bits per heavy atom. The number of nitrogens with one attached hydrogen (secondary N) is 2. The molecule has 2 fully saturated rings. The Bertz CT molecular complexity index is 1090. The van der Waals surface area contributed by atoms with Crippen molar-refractivity contribution in [3.8, 4) is 0 Å². The first kappa shape index (κ1) is 24.8. The van der Waals surface area contributed by atoms with Gasteiger partial charge in [-0.1, -0.05) is 37.1 Å². The third-order valence-corrected chi connectivity index (χ3v) is 7.66. The largest absolute Gasteiger partial charge is 0.310 e. The van der Waals surface area contributed by atoms with Gasteiger partial charge in [-0.2, -0.15) is 0 Å². The molecule has 2 atom stereocenters. The molecule has 8 nitrogen and oxygen atoms in total. The van der Waals surface area contributed by atoms with Gasteiger partial charge in [0.2, 0.25) is 20.0 Å². The second-order valence-corrected chi connectivity index (χ2v) is 11.4. The Morgan fingerprint density at radius 1 is 0.656 bits per heavy atom. The van der Waals surface area contributed by atoms with Crippen molar-refractivity contribution >= 4 is 20.0 Å². The van der Waals surface area contributed by atoms with Crippen LogP contribution in [0.1, 0.15) is 61.7 Å². The number of hydrogen-bond acceptors (Lipinski definition) is 6. The SMILES string of the molecule is NS(=O)(=O)c1ccc(C2CCCCN2)cc1.NS(=O)(=O)c1cccc(C2CCCCN2)c1. The van der Waals surface area contributed by atoms with Crippen LogP contribution in [0.25, 0.3) is 0 Å². The lowest BCUT2D eigenvalue weighted by molar-refractivity contribution is 0.412. The lowest BCUT2D eigenvalue weighted by Crippen LogP contribution is -2.27. The van der Waals surface area contributed by atoms with Crippen molar-refractivity contribution in [1.29, 1.82) is 0 Å². The normalized spacial score (nSPS) is 21.9. The van der Waals surface area contributed by atoms with Gasteiger partial charge in [0.1, 0.15) is 0 Å². The van der Waals surface area contributed by atoms with Gasteiger partial charge >= 0.3 is 0 Å². The van der Waals surface area contributed by atoms with Gasteiger partial charge in [0, 0.05) is 12.1 Å². The molecule has 0 saturated carbocycles. The molecule has 0 aromatic heterocycles. The maximum absolute atomic E-state index is 11.2. The molecule has 4 rings (SSSR count). The van der Waals surface area contributed by atoms with Crippen molar-refractivity contribution < 1.29 is 16.8 Å². The van der Waals surface area contributed by atoms with E-state index in [-0.39, 0.29) is 15.8 Å². The fraction of sp³-hybridized carbons (Fsp3) is 0.455. The van der Waals surface area contributed by atoms with Crippen LogP contribution in [0.3, 0.4) is 0 Å². The summed E-state index contributed by atoms with van der Waals surface area (Å²) in [5.41, 5.74) is 2.14. The van der Waals surface area contributed by atoms with E-state index in [1.807, 2.05) is 18.2 Å². The molecule has 2 unspecified atom stereocenters. The topological polar surface area (TPSA) is 144 Å². The van der Waals surface area contributed by atoms with E-state index in [9.17, 15) is 16.8 Å². The van der Waals surface area contributed by atoms with Gasteiger partial charge in [-0.05, 0) is 74.2 Å². The Hall–Kier alpha value is -1.82. The van der Waals surface area contributed by atoms with E-state index in [1.54, 1.807) is 24.3 Å². The highest BCUT2D eigenvalue weighted by Gasteiger charge is 2.17. The van der Waals surface area contributed by atoms with Gasteiger partial charge in [-0.15, -0.1) is 0 Å². The molecule has 0 aliphatic carbocycles. The smallest absolute Gasteiger partial charge is 0.238 e. The molecule has 0 amide bonds. The quantitative estimate of drug-likeness (QED) is 0.528. The molecule has 2 aromatic rings. The molecule has 6 N–H and O–H groups in total. The molecule has 176 valence electrons. The van der Waals surface area contributed by atoms with Crippen LogP contribution in [-0.2, 0) is 20.0 Å². The molecule has 2 saturated heterocycles. The lowest BCUT2D eigenvalue weighted by Gasteiger charge is -2.24. The van der Waals surface area contributed by atoms with E-state index in [0.29, 0.717) is 6.04 Å². The van der Waals surface area contributed by atoms with Crippen molar-refractivity contribution in [3.05, 3.63) is 59.7 Å². The number of benzene rings is 2. The monoisotopic (exact) mass is 480 g/mol. The summed E-state index contributed by atoms with van der Waals surface area (Å²) >= 11 is 0. The van der Waals surface area contributed by atoms with Crippen LogP contribution >= 0.6 is 0 Å². The number of nitrogens with two attached hydrogens (primary N) is 2. The van der Waals surface area contributed by atoms with Gasteiger partial charge in [0.15, 0.2) is 0 Å². The standard InChI is InChI=1S/2C11H16N2O2S/c12-16(14,15)10-5-3-4-9(8-10)11-6-1-2-7-13-11;12-16(14,15)10-6-4-9(5-7-10)11-3-1-2-8-13-11/h3-5,8,11,13H,1-2,6-7H2,(H2,12,14,15);4-7,11,13H,1-3,8H2,(H2,12,14,15). The van der Waals surface area contributed by atoms with Crippen LogP contribution in [0.2, 0.25) is 0 Å². The number of rotatable bonds is 4. The summed E-state index contributed by atoms with van der Waals surface area (Å²) < 4.78 is 44.6. The van der Waals surface area contributed by atoms with E-state index in [0.717, 1.165) is 37.1 Å². The van der Waals surface area contributed by atoms with Crippen molar-refractivity contribution in [3.63, 3.8) is 0 Å². The first-order valence-electron chi connectivity index (χ1n) is 10.9. The van der Waals surface area contributed by atoms with E-state index in [4.69, 9.17) is 10.3 Å². The van der Waals surface area contributed by atoms with E-state index >= 15 is 0 Å². The molecule has 2 aliphatic heterocycles. The molecule has 2 aromatic carbocycles. The summed E-state index contributed by atoms with van der Waals surface area (Å²) in [6.45, 7) is 2.02. The zero-order valence-electron chi connectivity index (χ0n) is 18.0. The van der Waals surface area contributed by atoms with E-state index in [2.05, 4.69) is 10.6 Å². The van der Waals surface area contributed by atoms with Crippen LogP contribution in [0.15, 0.2) is 58.3 Å². The first-order chi connectivity index (χ1) is 15.1. The van der Waals surface area contributed by atoms with Crippen molar-refractivity contribution in [2.45, 2.75) is 60.4 Å². The third kappa shape index (κ3) is 7.09. The van der Waals surface area contributed by atoms with Gasteiger partial charge in [-0.3, -0.25) is 0 Å². The third-order valence-electron chi connectivity index (χ3n) is 5.82. The van der Waals surface area contributed by atoms with Crippen LogP contribution in [0.5, 0.6) is 0 Å². The Balaban J connectivity index is 0.000000181. The maximum Gasteiger partial charge on any atom is 0.238 e. The van der Waals surface area contributed by atoms with Crippen molar-refractivity contribution in [2.24, 2.45) is 10.3 Å². The fourth-order valence-electron chi connectivity index (χ4n) is 4.07. The summed E-state index contributed by atoms with van der Waals surface area (Å²) in [5, 5.41) is 16.9. The van der Waals surface area contributed by atoms with Crippen LogP contribution in [0.4, 0.5) is 0 Å². The highest BCUT2D eigenvalue weighted by molar-refractivity contribution is 7.89. The van der Waals surface area contributed by atoms with Gasteiger partial charge < -0.3 is 10.6 Å².